The Morgan fingerprint density at radius 2 is 2.00 bits per heavy atom. The molecule has 0 aliphatic heterocycles. The van der Waals surface area contributed by atoms with E-state index in [1.54, 1.807) is 0 Å². The van der Waals surface area contributed by atoms with Crippen LogP contribution in [0.3, 0.4) is 0 Å². The lowest BCUT2D eigenvalue weighted by Gasteiger charge is -2.20. The SMILES string of the molecule is CC(C)O[C@@H](CN)c1ccccc1Cl. The summed E-state index contributed by atoms with van der Waals surface area (Å²) in [6.07, 6.45) is 0.0449. The minimum atomic E-state index is -0.108. The molecule has 0 aliphatic rings. The molecule has 2 nitrogen and oxygen atoms in total. The van der Waals surface area contributed by atoms with Crippen LogP contribution in [0, 0.1) is 0 Å². The fraction of sp³-hybridized carbons (Fsp3) is 0.455. The standard InChI is InChI=1S/C11H16ClNO/c1-8(2)14-11(7-13)9-5-3-4-6-10(9)12/h3-6,8,11H,7,13H2,1-2H3/t11-/m0/s1. The van der Waals surface area contributed by atoms with Crippen molar-refractivity contribution in [2.24, 2.45) is 5.73 Å². The van der Waals surface area contributed by atoms with Crippen LogP contribution in [-0.2, 0) is 4.74 Å². The van der Waals surface area contributed by atoms with Crippen LogP contribution >= 0.6 is 11.6 Å². The Morgan fingerprint density at radius 1 is 1.36 bits per heavy atom. The van der Waals surface area contributed by atoms with Gasteiger partial charge in [0, 0.05) is 17.1 Å². The molecule has 0 aliphatic carbocycles. The van der Waals surface area contributed by atoms with E-state index in [1.165, 1.54) is 0 Å². The van der Waals surface area contributed by atoms with Crippen LogP contribution in [0.15, 0.2) is 24.3 Å². The molecule has 3 heteroatoms. The molecule has 0 radical (unpaired) electrons. The minimum absolute atomic E-state index is 0.108. The summed E-state index contributed by atoms with van der Waals surface area (Å²) in [7, 11) is 0. The summed E-state index contributed by atoms with van der Waals surface area (Å²) >= 11 is 6.05. The first-order valence-electron chi connectivity index (χ1n) is 4.75. The van der Waals surface area contributed by atoms with Crippen LogP contribution in [-0.4, -0.2) is 12.6 Å². The van der Waals surface area contributed by atoms with Gasteiger partial charge in [-0.1, -0.05) is 29.8 Å². The van der Waals surface area contributed by atoms with Gasteiger partial charge < -0.3 is 10.5 Å². The summed E-state index contributed by atoms with van der Waals surface area (Å²) in [5.41, 5.74) is 6.60. The van der Waals surface area contributed by atoms with E-state index in [4.69, 9.17) is 22.1 Å². The van der Waals surface area contributed by atoms with Gasteiger partial charge in [-0.25, -0.2) is 0 Å². The van der Waals surface area contributed by atoms with Gasteiger partial charge in [-0.3, -0.25) is 0 Å². The van der Waals surface area contributed by atoms with Crippen molar-refractivity contribution in [1.29, 1.82) is 0 Å². The number of benzene rings is 1. The zero-order chi connectivity index (χ0) is 10.6. The van der Waals surface area contributed by atoms with Gasteiger partial charge in [-0.05, 0) is 19.9 Å². The van der Waals surface area contributed by atoms with Crippen LogP contribution in [0.2, 0.25) is 5.02 Å². The van der Waals surface area contributed by atoms with E-state index in [-0.39, 0.29) is 12.2 Å². The maximum atomic E-state index is 6.05. The van der Waals surface area contributed by atoms with Gasteiger partial charge >= 0.3 is 0 Å². The van der Waals surface area contributed by atoms with Gasteiger partial charge in [0.15, 0.2) is 0 Å². The summed E-state index contributed by atoms with van der Waals surface area (Å²) in [5.74, 6) is 0. The highest BCUT2D eigenvalue weighted by Gasteiger charge is 2.14. The lowest BCUT2D eigenvalue weighted by molar-refractivity contribution is 0.0120. The maximum absolute atomic E-state index is 6.05. The highest BCUT2D eigenvalue weighted by atomic mass is 35.5. The molecule has 0 spiro atoms. The molecule has 14 heavy (non-hydrogen) atoms. The van der Waals surface area contributed by atoms with Crippen LogP contribution in [0.1, 0.15) is 25.5 Å². The summed E-state index contributed by atoms with van der Waals surface area (Å²) in [4.78, 5) is 0. The van der Waals surface area contributed by atoms with Crippen molar-refractivity contribution in [3.05, 3.63) is 34.9 Å². The van der Waals surface area contributed by atoms with Crippen LogP contribution < -0.4 is 5.73 Å². The number of halogens is 1. The average Bonchev–Trinajstić information content (AvgIpc) is 2.15. The first-order valence-corrected chi connectivity index (χ1v) is 5.13. The van der Waals surface area contributed by atoms with Gasteiger partial charge in [-0.2, -0.15) is 0 Å². The highest BCUT2D eigenvalue weighted by molar-refractivity contribution is 6.31. The van der Waals surface area contributed by atoms with Crippen molar-refractivity contribution < 1.29 is 4.74 Å². The fourth-order valence-electron chi connectivity index (χ4n) is 1.32. The van der Waals surface area contributed by atoms with Gasteiger partial charge in [0.25, 0.3) is 0 Å². The Bertz CT molecular complexity index is 288. The van der Waals surface area contributed by atoms with Crippen molar-refractivity contribution in [3.8, 4) is 0 Å². The van der Waals surface area contributed by atoms with Crippen molar-refractivity contribution in [2.75, 3.05) is 6.54 Å². The molecule has 0 unspecified atom stereocenters. The summed E-state index contributed by atoms with van der Waals surface area (Å²) in [5, 5.41) is 0.712. The maximum Gasteiger partial charge on any atom is 0.0964 e. The molecule has 0 heterocycles. The summed E-state index contributed by atoms with van der Waals surface area (Å²) in [6, 6.07) is 7.63. The number of hydrogen-bond acceptors (Lipinski definition) is 2. The number of ether oxygens (including phenoxy) is 1. The molecular weight excluding hydrogens is 198 g/mol. The third-order valence-electron chi connectivity index (χ3n) is 1.90. The predicted molar refractivity (Wildman–Crippen MR) is 59.5 cm³/mol. The first-order chi connectivity index (χ1) is 6.65. The normalized spacial score (nSPS) is 13.2. The average molecular weight is 214 g/mol. The molecule has 0 saturated carbocycles. The second-order valence-corrected chi connectivity index (χ2v) is 3.84. The largest absolute Gasteiger partial charge is 0.369 e. The Labute approximate surface area is 90.0 Å². The van der Waals surface area contributed by atoms with E-state index in [0.29, 0.717) is 11.6 Å². The Kier molecular flexibility index (Phi) is 4.39. The van der Waals surface area contributed by atoms with E-state index in [9.17, 15) is 0 Å². The van der Waals surface area contributed by atoms with Gasteiger partial charge in [0.05, 0.1) is 12.2 Å². The Hall–Kier alpha value is -0.570. The second-order valence-electron chi connectivity index (χ2n) is 3.43. The van der Waals surface area contributed by atoms with Gasteiger partial charge in [0.2, 0.25) is 0 Å². The number of rotatable bonds is 4. The van der Waals surface area contributed by atoms with Crippen molar-refractivity contribution in [2.45, 2.75) is 26.1 Å². The Balaban J connectivity index is 2.83. The molecule has 1 aromatic carbocycles. The van der Waals surface area contributed by atoms with Gasteiger partial charge in [-0.15, -0.1) is 0 Å². The second kappa shape index (κ2) is 5.35. The molecule has 0 bridgehead atoms. The molecule has 1 rings (SSSR count). The van der Waals surface area contributed by atoms with Crippen molar-refractivity contribution in [3.63, 3.8) is 0 Å². The third-order valence-corrected chi connectivity index (χ3v) is 2.25. The molecule has 0 fully saturated rings. The zero-order valence-electron chi connectivity index (χ0n) is 8.53. The lowest BCUT2D eigenvalue weighted by atomic mass is 10.1. The number of hydrogen-bond donors (Lipinski definition) is 1. The minimum Gasteiger partial charge on any atom is -0.369 e. The smallest absolute Gasteiger partial charge is 0.0964 e. The van der Waals surface area contributed by atoms with E-state index in [0.717, 1.165) is 5.56 Å². The molecular formula is C11H16ClNO. The molecule has 78 valence electrons. The van der Waals surface area contributed by atoms with Crippen LogP contribution in [0.25, 0.3) is 0 Å². The van der Waals surface area contributed by atoms with E-state index >= 15 is 0 Å². The molecule has 0 amide bonds. The zero-order valence-corrected chi connectivity index (χ0v) is 9.29. The summed E-state index contributed by atoms with van der Waals surface area (Å²) in [6.45, 7) is 4.42. The van der Waals surface area contributed by atoms with E-state index < -0.39 is 0 Å². The molecule has 2 N–H and O–H groups in total. The lowest BCUT2D eigenvalue weighted by Crippen LogP contribution is -2.19. The first kappa shape index (κ1) is 11.5. The highest BCUT2D eigenvalue weighted by Crippen LogP contribution is 2.25. The predicted octanol–water partition coefficient (Wildman–Crippen LogP) is 2.76. The van der Waals surface area contributed by atoms with Crippen molar-refractivity contribution in [1.82, 2.24) is 0 Å². The van der Waals surface area contributed by atoms with E-state index in [1.807, 2.05) is 38.1 Å². The van der Waals surface area contributed by atoms with E-state index in [2.05, 4.69) is 0 Å². The monoisotopic (exact) mass is 213 g/mol. The molecule has 1 atom stereocenters. The molecule has 0 saturated heterocycles. The quantitative estimate of drug-likeness (QED) is 0.835. The van der Waals surface area contributed by atoms with Crippen LogP contribution in [0.5, 0.6) is 0 Å². The fourth-order valence-corrected chi connectivity index (χ4v) is 1.58. The Morgan fingerprint density at radius 3 is 2.50 bits per heavy atom. The van der Waals surface area contributed by atoms with Crippen molar-refractivity contribution >= 4 is 11.6 Å². The van der Waals surface area contributed by atoms with Gasteiger partial charge in [0.1, 0.15) is 0 Å². The topological polar surface area (TPSA) is 35.2 Å². The summed E-state index contributed by atoms with van der Waals surface area (Å²) < 4.78 is 5.66. The number of nitrogens with two attached hydrogens (primary N) is 1. The third kappa shape index (κ3) is 2.98. The molecule has 1 aromatic rings. The molecule has 0 aromatic heterocycles. The van der Waals surface area contributed by atoms with Crippen LogP contribution in [0.4, 0.5) is 0 Å².